The molecule has 1 N–H and O–H groups in total. The molecule has 1 aliphatic heterocycles. The van der Waals surface area contributed by atoms with Crippen LogP contribution in [0.1, 0.15) is 19.4 Å². The first-order valence-electron chi connectivity index (χ1n) is 9.02. The quantitative estimate of drug-likeness (QED) is 0.795. The van der Waals surface area contributed by atoms with Crippen molar-refractivity contribution in [2.24, 2.45) is 4.40 Å². The molecule has 1 amide bonds. The molecule has 1 aromatic heterocycles. The monoisotopic (exact) mass is 401 g/mol. The lowest BCUT2D eigenvalue weighted by molar-refractivity contribution is -0.116. The first-order valence-corrected chi connectivity index (χ1v) is 10.5. The molecule has 0 bridgehead atoms. The van der Waals surface area contributed by atoms with Crippen LogP contribution < -0.4 is 10.2 Å². The molecular formula is C19H23N5O3S. The summed E-state index contributed by atoms with van der Waals surface area (Å²) in [4.78, 5) is 20.6. The molecule has 0 atom stereocenters. The van der Waals surface area contributed by atoms with Gasteiger partial charge in [-0.2, -0.15) is 8.42 Å². The van der Waals surface area contributed by atoms with Crippen LogP contribution in [0.3, 0.4) is 0 Å². The second-order valence-corrected chi connectivity index (χ2v) is 7.94. The number of nitrogens with one attached hydrogen (secondary N) is 1. The Morgan fingerprint density at radius 1 is 1.11 bits per heavy atom. The van der Waals surface area contributed by atoms with Crippen molar-refractivity contribution in [3.63, 3.8) is 0 Å². The summed E-state index contributed by atoms with van der Waals surface area (Å²) >= 11 is 0. The number of amidine groups is 1. The van der Waals surface area contributed by atoms with Crippen molar-refractivity contribution in [1.82, 2.24) is 9.88 Å². The fourth-order valence-corrected chi connectivity index (χ4v) is 4.30. The van der Waals surface area contributed by atoms with Gasteiger partial charge in [0.1, 0.15) is 10.7 Å². The molecule has 2 aromatic rings. The zero-order valence-corrected chi connectivity index (χ0v) is 16.9. The van der Waals surface area contributed by atoms with Crippen LogP contribution in [0.25, 0.3) is 0 Å². The molecule has 0 aliphatic carbocycles. The van der Waals surface area contributed by atoms with E-state index in [1.807, 2.05) is 6.07 Å². The summed E-state index contributed by atoms with van der Waals surface area (Å²) in [5, 5.41) is 2.78. The third-order valence-electron chi connectivity index (χ3n) is 4.47. The summed E-state index contributed by atoms with van der Waals surface area (Å²) < 4.78 is 28.1. The number of fused-ring (bicyclic) bond motifs is 1. The largest absolute Gasteiger partial charge is 0.357 e. The van der Waals surface area contributed by atoms with Crippen LogP contribution in [-0.2, 0) is 14.8 Å². The van der Waals surface area contributed by atoms with Gasteiger partial charge in [0.05, 0.1) is 18.4 Å². The number of amides is 1. The third kappa shape index (κ3) is 3.99. The topological polar surface area (TPSA) is 95.0 Å². The maximum atomic E-state index is 12.4. The molecule has 0 radical (unpaired) electrons. The zero-order chi connectivity index (χ0) is 20.3. The van der Waals surface area contributed by atoms with E-state index in [0.717, 1.165) is 18.9 Å². The van der Waals surface area contributed by atoms with Gasteiger partial charge in [-0.25, -0.2) is 4.98 Å². The number of carbonyl (C=O) groups is 1. The number of benzene rings is 1. The molecule has 9 heteroatoms. The Morgan fingerprint density at radius 2 is 1.82 bits per heavy atom. The number of hydrogen-bond donors (Lipinski definition) is 1. The van der Waals surface area contributed by atoms with Crippen molar-refractivity contribution in [2.45, 2.75) is 18.7 Å². The molecular weight excluding hydrogens is 378 g/mol. The minimum absolute atomic E-state index is 0.0412. The Kier molecular flexibility index (Phi) is 5.64. The number of pyridine rings is 1. The van der Waals surface area contributed by atoms with Gasteiger partial charge in [0, 0.05) is 25.7 Å². The fourth-order valence-electron chi connectivity index (χ4n) is 3.05. The first-order chi connectivity index (χ1) is 13.4. The highest BCUT2D eigenvalue weighted by Crippen LogP contribution is 2.26. The van der Waals surface area contributed by atoms with Gasteiger partial charge in [-0.3, -0.25) is 4.79 Å². The molecule has 0 saturated heterocycles. The Morgan fingerprint density at radius 3 is 2.46 bits per heavy atom. The number of carbonyl (C=O) groups excluding carboxylic acids is 1. The average Bonchev–Trinajstić information content (AvgIpc) is 2.96. The highest BCUT2D eigenvalue weighted by molar-refractivity contribution is 7.90. The minimum atomic E-state index is -3.71. The van der Waals surface area contributed by atoms with Gasteiger partial charge < -0.3 is 15.1 Å². The number of likely N-dealkylation sites (N-methyl/N-ethyl adjacent to an activating group) is 1. The molecule has 3 rings (SSSR count). The molecule has 28 heavy (non-hydrogen) atoms. The first kappa shape index (κ1) is 19.8. The van der Waals surface area contributed by atoms with Crippen molar-refractivity contribution in [3.05, 3.63) is 48.2 Å². The second-order valence-electron chi connectivity index (χ2n) is 6.37. The summed E-state index contributed by atoms with van der Waals surface area (Å²) in [6, 6.07) is 10.2. The van der Waals surface area contributed by atoms with Gasteiger partial charge in [0.2, 0.25) is 5.91 Å². The molecule has 0 spiro atoms. The number of aromatic nitrogens is 1. The van der Waals surface area contributed by atoms with E-state index in [-0.39, 0.29) is 23.2 Å². The number of hydrogen-bond acceptors (Lipinski definition) is 6. The highest BCUT2D eigenvalue weighted by atomic mass is 32.2. The SMILES string of the molecule is CCN(CC)c1ccc(NC(=O)CN(C)C2=NS(=O)(=O)c3ccccc32)cn1. The van der Waals surface area contributed by atoms with Crippen molar-refractivity contribution in [2.75, 3.05) is 36.9 Å². The average molecular weight is 401 g/mol. The molecule has 148 valence electrons. The van der Waals surface area contributed by atoms with Gasteiger partial charge in [0.25, 0.3) is 10.0 Å². The lowest BCUT2D eigenvalue weighted by Gasteiger charge is -2.20. The number of rotatable bonds is 6. The van der Waals surface area contributed by atoms with E-state index in [1.165, 1.54) is 11.0 Å². The second kappa shape index (κ2) is 7.97. The van der Waals surface area contributed by atoms with Gasteiger partial charge >= 0.3 is 0 Å². The molecule has 1 aliphatic rings. The summed E-state index contributed by atoms with van der Waals surface area (Å²) in [7, 11) is -2.08. The third-order valence-corrected chi connectivity index (χ3v) is 5.80. The lowest BCUT2D eigenvalue weighted by atomic mass is 10.2. The van der Waals surface area contributed by atoms with Gasteiger partial charge in [-0.1, -0.05) is 12.1 Å². The lowest BCUT2D eigenvalue weighted by Crippen LogP contribution is -2.34. The Hall–Kier alpha value is -2.94. The van der Waals surface area contributed by atoms with Crippen LogP contribution >= 0.6 is 0 Å². The van der Waals surface area contributed by atoms with Gasteiger partial charge in [-0.15, -0.1) is 4.40 Å². The fraction of sp³-hybridized carbons (Fsp3) is 0.316. The number of nitrogens with zero attached hydrogens (tertiary/aromatic N) is 4. The Bertz CT molecular complexity index is 998. The number of sulfonamides is 1. The molecule has 0 fully saturated rings. The van der Waals surface area contributed by atoms with Crippen LogP contribution in [0.5, 0.6) is 0 Å². The Labute approximate surface area is 165 Å². The van der Waals surface area contributed by atoms with Crippen molar-refractivity contribution < 1.29 is 13.2 Å². The van der Waals surface area contributed by atoms with E-state index in [4.69, 9.17) is 0 Å². The molecule has 2 heterocycles. The van der Waals surface area contributed by atoms with E-state index in [1.54, 1.807) is 37.5 Å². The smallest absolute Gasteiger partial charge is 0.285 e. The predicted octanol–water partition coefficient (Wildman–Crippen LogP) is 1.95. The predicted molar refractivity (Wildman–Crippen MR) is 109 cm³/mol. The van der Waals surface area contributed by atoms with E-state index in [2.05, 4.69) is 33.4 Å². The van der Waals surface area contributed by atoms with Crippen molar-refractivity contribution in [3.8, 4) is 0 Å². The van der Waals surface area contributed by atoms with Crippen LogP contribution in [-0.4, -0.2) is 56.7 Å². The standard InChI is InChI=1S/C19H23N5O3S/c1-4-24(5-2)17-11-10-14(12-20-17)21-18(25)13-23(3)19-15-8-6-7-9-16(15)28(26,27)22-19/h6-12H,4-5,13H2,1-3H3,(H,21,25). The summed E-state index contributed by atoms with van der Waals surface area (Å²) in [5.41, 5.74) is 1.08. The van der Waals surface area contributed by atoms with Crippen molar-refractivity contribution >= 4 is 33.3 Å². The maximum Gasteiger partial charge on any atom is 0.285 e. The maximum absolute atomic E-state index is 12.4. The summed E-state index contributed by atoms with van der Waals surface area (Å²) in [6.07, 6.45) is 1.61. The normalized spacial score (nSPS) is 14.2. The van der Waals surface area contributed by atoms with E-state index in [9.17, 15) is 13.2 Å². The minimum Gasteiger partial charge on any atom is -0.357 e. The molecule has 8 nitrogen and oxygen atoms in total. The van der Waals surface area contributed by atoms with Crippen LogP contribution in [0, 0.1) is 0 Å². The number of anilines is 2. The van der Waals surface area contributed by atoms with E-state index < -0.39 is 10.0 Å². The van der Waals surface area contributed by atoms with Crippen molar-refractivity contribution in [1.29, 1.82) is 0 Å². The molecule has 0 saturated carbocycles. The highest BCUT2D eigenvalue weighted by Gasteiger charge is 2.30. The van der Waals surface area contributed by atoms with Gasteiger partial charge in [-0.05, 0) is 38.1 Å². The summed E-state index contributed by atoms with van der Waals surface area (Å²) in [5.74, 6) is 0.826. The van der Waals surface area contributed by atoms with E-state index in [0.29, 0.717) is 11.3 Å². The molecule has 1 aromatic carbocycles. The van der Waals surface area contributed by atoms with E-state index >= 15 is 0 Å². The Balaban J connectivity index is 1.67. The zero-order valence-electron chi connectivity index (χ0n) is 16.1. The van der Waals surface area contributed by atoms with Crippen LogP contribution in [0.15, 0.2) is 51.9 Å². The van der Waals surface area contributed by atoms with Crippen LogP contribution in [0.4, 0.5) is 11.5 Å². The molecule has 0 unspecified atom stereocenters. The van der Waals surface area contributed by atoms with Gasteiger partial charge in [0.15, 0.2) is 5.84 Å². The van der Waals surface area contributed by atoms with Crippen LogP contribution in [0.2, 0.25) is 0 Å². The summed E-state index contributed by atoms with van der Waals surface area (Å²) in [6.45, 7) is 5.78.